The van der Waals surface area contributed by atoms with E-state index < -0.39 is 0 Å². The highest BCUT2D eigenvalue weighted by Gasteiger charge is 2.24. The first-order valence-corrected chi connectivity index (χ1v) is 5.81. The Morgan fingerprint density at radius 2 is 2.35 bits per heavy atom. The Bertz CT molecular complexity index is 604. The third kappa shape index (κ3) is 1.53. The van der Waals surface area contributed by atoms with Gasteiger partial charge >= 0.3 is 0 Å². The van der Waals surface area contributed by atoms with Crippen LogP contribution in [-0.2, 0) is 6.42 Å². The Morgan fingerprint density at radius 1 is 1.47 bits per heavy atom. The molecule has 1 aromatic heterocycles. The number of nitriles is 1. The molecule has 2 aromatic rings. The number of hydrogen-bond donors (Lipinski definition) is 0. The maximum absolute atomic E-state index is 8.88. The Hall–Kier alpha value is -2.08. The quantitative estimate of drug-likeness (QED) is 0.745. The summed E-state index contributed by atoms with van der Waals surface area (Å²) in [5.41, 5.74) is 4.53. The van der Waals surface area contributed by atoms with E-state index in [0.29, 0.717) is 6.04 Å². The number of aromatic nitrogens is 2. The number of imidazole rings is 1. The second-order valence-corrected chi connectivity index (χ2v) is 4.53. The van der Waals surface area contributed by atoms with Gasteiger partial charge in [0.1, 0.15) is 0 Å². The van der Waals surface area contributed by atoms with Crippen LogP contribution in [-0.4, -0.2) is 9.55 Å². The summed E-state index contributed by atoms with van der Waals surface area (Å²) >= 11 is 0. The summed E-state index contributed by atoms with van der Waals surface area (Å²) in [6.07, 6.45) is 6.07. The van der Waals surface area contributed by atoms with E-state index in [2.05, 4.69) is 28.6 Å². The van der Waals surface area contributed by atoms with Crippen LogP contribution in [0.5, 0.6) is 0 Å². The summed E-state index contributed by atoms with van der Waals surface area (Å²) in [6.45, 7) is 2.07. The van der Waals surface area contributed by atoms with Crippen molar-refractivity contribution in [2.75, 3.05) is 0 Å². The average molecular weight is 223 g/mol. The average Bonchev–Trinajstić information content (AvgIpc) is 2.91. The van der Waals surface area contributed by atoms with Crippen LogP contribution in [0, 0.1) is 18.3 Å². The molecular formula is C14H13N3. The SMILES string of the molecule is Cc1cc(C#N)ccc1C1CCc2cncn21. The number of fused-ring (bicyclic) bond motifs is 1. The van der Waals surface area contributed by atoms with E-state index in [1.54, 1.807) is 0 Å². The van der Waals surface area contributed by atoms with Gasteiger partial charge in [0.05, 0.1) is 24.0 Å². The lowest BCUT2D eigenvalue weighted by atomic mass is 9.98. The first-order chi connectivity index (χ1) is 8.29. The predicted molar refractivity (Wildman–Crippen MR) is 64.6 cm³/mol. The molecular weight excluding hydrogens is 210 g/mol. The fourth-order valence-corrected chi connectivity index (χ4v) is 2.65. The van der Waals surface area contributed by atoms with Gasteiger partial charge in [-0.3, -0.25) is 0 Å². The topological polar surface area (TPSA) is 41.6 Å². The summed E-state index contributed by atoms with van der Waals surface area (Å²) in [4.78, 5) is 4.19. The molecule has 1 atom stereocenters. The van der Waals surface area contributed by atoms with E-state index in [1.807, 2.05) is 24.7 Å². The number of nitrogens with zero attached hydrogens (tertiary/aromatic N) is 3. The molecule has 3 rings (SSSR count). The molecule has 1 aliphatic heterocycles. The molecule has 3 nitrogen and oxygen atoms in total. The number of rotatable bonds is 1. The molecule has 0 saturated heterocycles. The molecule has 84 valence electrons. The Labute approximate surface area is 100 Å². The van der Waals surface area contributed by atoms with Crippen molar-refractivity contribution in [2.45, 2.75) is 25.8 Å². The van der Waals surface area contributed by atoms with Gasteiger partial charge in [0, 0.05) is 11.9 Å². The van der Waals surface area contributed by atoms with Gasteiger partial charge in [0.25, 0.3) is 0 Å². The first kappa shape index (κ1) is 10.1. The largest absolute Gasteiger partial charge is 0.327 e. The van der Waals surface area contributed by atoms with Gasteiger partial charge in [-0.2, -0.15) is 5.26 Å². The lowest BCUT2D eigenvalue weighted by Gasteiger charge is -2.16. The van der Waals surface area contributed by atoms with Crippen LogP contribution in [0.25, 0.3) is 0 Å². The van der Waals surface area contributed by atoms with Crippen LogP contribution < -0.4 is 0 Å². The maximum atomic E-state index is 8.88. The van der Waals surface area contributed by atoms with E-state index in [-0.39, 0.29) is 0 Å². The molecule has 0 radical (unpaired) electrons. The number of hydrogen-bond acceptors (Lipinski definition) is 2. The molecule has 1 unspecified atom stereocenters. The number of aryl methyl sites for hydroxylation is 2. The van der Waals surface area contributed by atoms with Crippen molar-refractivity contribution < 1.29 is 0 Å². The van der Waals surface area contributed by atoms with Crippen LogP contribution in [0.15, 0.2) is 30.7 Å². The summed E-state index contributed by atoms with van der Waals surface area (Å²) in [5.74, 6) is 0. The molecule has 0 spiro atoms. The normalized spacial score (nSPS) is 17.8. The highest BCUT2D eigenvalue weighted by Crippen LogP contribution is 2.33. The minimum atomic E-state index is 0.389. The van der Waals surface area contributed by atoms with Gasteiger partial charge in [-0.15, -0.1) is 0 Å². The van der Waals surface area contributed by atoms with Gasteiger partial charge in [-0.05, 0) is 43.0 Å². The van der Waals surface area contributed by atoms with Crippen molar-refractivity contribution in [2.24, 2.45) is 0 Å². The van der Waals surface area contributed by atoms with Gasteiger partial charge < -0.3 is 4.57 Å². The van der Waals surface area contributed by atoms with E-state index in [1.165, 1.54) is 16.8 Å². The van der Waals surface area contributed by atoms with Crippen LogP contribution in [0.1, 0.15) is 34.8 Å². The summed E-state index contributed by atoms with van der Waals surface area (Å²) in [7, 11) is 0. The second-order valence-electron chi connectivity index (χ2n) is 4.53. The third-order valence-corrected chi connectivity index (χ3v) is 3.51. The standard InChI is InChI=1S/C14H13N3/c1-10-6-11(7-15)2-4-13(10)14-5-3-12-8-16-9-17(12)14/h2,4,6,8-9,14H,3,5H2,1H3. The van der Waals surface area contributed by atoms with Gasteiger partial charge in [0.15, 0.2) is 0 Å². The summed E-state index contributed by atoms with van der Waals surface area (Å²) in [5, 5.41) is 8.88. The van der Waals surface area contributed by atoms with Crippen molar-refractivity contribution in [3.8, 4) is 6.07 Å². The third-order valence-electron chi connectivity index (χ3n) is 3.51. The monoisotopic (exact) mass is 223 g/mol. The van der Waals surface area contributed by atoms with Crippen LogP contribution in [0.3, 0.4) is 0 Å². The highest BCUT2D eigenvalue weighted by atomic mass is 15.1. The fraction of sp³-hybridized carbons (Fsp3) is 0.286. The van der Waals surface area contributed by atoms with Crippen molar-refractivity contribution in [1.82, 2.24) is 9.55 Å². The van der Waals surface area contributed by atoms with Crippen molar-refractivity contribution >= 4 is 0 Å². The molecule has 0 saturated carbocycles. The van der Waals surface area contributed by atoms with E-state index in [0.717, 1.165) is 18.4 Å². The molecule has 0 N–H and O–H groups in total. The van der Waals surface area contributed by atoms with Gasteiger partial charge in [0.2, 0.25) is 0 Å². The highest BCUT2D eigenvalue weighted by molar-refractivity contribution is 5.40. The lowest BCUT2D eigenvalue weighted by molar-refractivity contribution is 0.612. The maximum Gasteiger partial charge on any atom is 0.0991 e. The molecule has 1 aliphatic rings. The van der Waals surface area contributed by atoms with Crippen molar-refractivity contribution in [3.63, 3.8) is 0 Å². The Morgan fingerprint density at radius 3 is 3.12 bits per heavy atom. The molecule has 0 fully saturated rings. The molecule has 3 heteroatoms. The smallest absolute Gasteiger partial charge is 0.0991 e. The van der Waals surface area contributed by atoms with E-state index in [4.69, 9.17) is 5.26 Å². The zero-order valence-corrected chi connectivity index (χ0v) is 9.72. The minimum Gasteiger partial charge on any atom is -0.327 e. The Balaban J connectivity index is 2.05. The second kappa shape index (κ2) is 3.74. The van der Waals surface area contributed by atoms with Crippen molar-refractivity contribution in [3.05, 3.63) is 53.1 Å². The van der Waals surface area contributed by atoms with Crippen LogP contribution >= 0.6 is 0 Å². The molecule has 2 heterocycles. The van der Waals surface area contributed by atoms with E-state index in [9.17, 15) is 0 Å². The first-order valence-electron chi connectivity index (χ1n) is 5.81. The van der Waals surface area contributed by atoms with Crippen molar-refractivity contribution in [1.29, 1.82) is 5.26 Å². The van der Waals surface area contributed by atoms with Crippen LogP contribution in [0.2, 0.25) is 0 Å². The van der Waals surface area contributed by atoms with Crippen LogP contribution in [0.4, 0.5) is 0 Å². The van der Waals surface area contributed by atoms with Gasteiger partial charge in [-0.1, -0.05) is 6.07 Å². The zero-order valence-electron chi connectivity index (χ0n) is 9.72. The number of benzene rings is 1. The summed E-state index contributed by atoms with van der Waals surface area (Å²) in [6, 6.07) is 8.51. The minimum absolute atomic E-state index is 0.389. The molecule has 0 amide bonds. The lowest BCUT2D eigenvalue weighted by Crippen LogP contribution is -2.06. The zero-order chi connectivity index (χ0) is 11.8. The van der Waals surface area contributed by atoms with E-state index >= 15 is 0 Å². The molecule has 0 bridgehead atoms. The van der Waals surface area contributed by atoms with Gasteiger partial charge in [-0.25, -0.2) is 4.98 Å². The Kier molecular flexibility index (Phi) is 2.22. The molecule has 1 aromatic carbocycles. The summed E-state index contributed by atoms with van der Waals surface area (Å²) < 4.78 is 2.24. The molecule has 17 heavy (non-hydrogen) atoms. The fourth-order valence-electron chi connectivity index (χ4n) is 2.65. The molecule has 0 aliphatic carbocycles. The predicted octanol–water partition coefficient (Wildman–Crippen LogP) is 2.60.